The Bertz CT molecular complexity index is 57.0. The molecule has 0 unspecified atom stereocenters. The summed E-state index contributed by atoms with van der Waals surface area (Å²) in [5, 5.41) is 2.11. The molecule has 5 heavy (non-hydrogen) atoms. The van der Waals surface area contributed by atoms with Crippen molar-refractivity contribution < 1.29 is 0 Å². The predicted molar refractivity (Wildman–Crippen MR) is 24.3 cm³/mol. The summed E-state index contributed by atoms with van der Waals surface area (Å²) >= 11 is 9.90. The lowest BCUT2D eigenvalue weighted by molar-refractivity contribution is 1.93. The van der Waals surface area contributed by atoms with E-state index in [0.717, 1.165) is 0 Å². The van der Waals surface area contributed by atoms with Gasteiger partial charge < -0.3 is 0 Å². The molecule has 2 heteroatoms. The van der Waals surface area contributed by atoms with Crippen molar-refractivity contribution in [1.29, 1.82) is 0 Å². The fourth-order valence-electron chi connectivity index (χ4n) is 0.0253. The second kappa shape index (κ2) is 4.14. The number of hydrogen-bond donors (Lipinski definition) is 0. The second-order valence-electron chi connectivity index (χ2n) is 0.405. The van der Waals surface area contributed by atoms with Crippen LogP contribution in [0, 0.1) is 11.3 Å². The molecule has 0 nitrogen and oxygen atoms in total. The molecule has 0 aliphatic heterocycles. The lowest BCUT2D eigenvalue weighted by atomic mass is 10.8. The number of alkyl halides is 1. The van der Waals surface area contributed by atoms with E-state index in [4.69, 9.17) is 23.2 Å². The monoisotopic (exact) mass is 108 g/mol. The molecular formula is C3H2Cl2. The Balaban J connectivity index is 2.81. The van der Waals surface area contributed by atoms with Gasteiger partial charge in [0.05, 0.1) is 5.88 Å². The summed E-state index contributed by atoms with van der Waals surface area (Å²) in [4.78, 5) is 0. The lowest BCUT2D eigenvalue weighted by Crippen LogP contribution is -1.50. The standard InChI is InChI=1S/C3H2Cl2/c4-2-1-3-5/h2H2. The first kappa shape index (κ1) is 5.14. The summed E-state index contributed by atoms with van der Waals surface area (Å²) < 4.78 is 0. The highest BCUT2D eigenvalue weighted by Crippen LogP contribution is 1.68. The van der Waals surface area contributed by atoms with Crippen LogP contribution in [-0.2, 0) is 0 Å². The second-order valence-corrected chi connectivity index (χ2v) is 0.861. The van der Waals surface area contributed by atoms with Crippen molar-refractivity contribution in [3.8, 4) is 11.3 Å². The maximum absolute atomic E-state index is 5.04. The SMILES string of the molecule is ClC#CCCl. The van der Waals surface area contributed by atoms with Crippen LogP contribution in [0.3, 0.4) is 0 Å². The summed E-state index contributed by atoms with van der Waals surface area (Å²) in [6.07, 6.45) is 0. The van der Waals surface area contributed by atoms with Gasteiger partial charge in [0.1, 0.15) is 0 Å². The molecule has 0 spiro atoms. The van der Waals surface area contributed by atoms with Gasteiger partial charge in [-0.3, -0.25) is 0 Å². The maximum atomic E-state index is 5.04. The van der Waals surface area contributed by atoms with Crippen molar-refractivity contribution in [2.75, 3.05) is 5.88 Å². The van der Waals surface area contributed by atoms with Crippen LogP contribution in [0.1, 0.15) is 0 Å². The van der Waals surface area contributed by atoms with Crippen LogP contribution in [0.5, 0.6) is 0 Å². The highest BCUT2D eigenvalue weighted by Gasteiger charge is 1.52. The zero-order chi connectivity index (χ0) is 4.12. The normalized spacial score (nSPS) is 5.20. The van der Waals surface area contributed by atoms with Gasteiger partial charge in [-0.25, -0.2) is 0 Å². The first-order valence-electron chi connectivity index (χ1n) is 1.06. The van der Waals surface area contributed by atoms with E-state index < -0.39 is 0 Å². The minimum absolute atomic E-state index is 0.323. The maximum Gasteiger partial charge on any atom is 0.0847 e. The fourth-order valence-corrected chi connectivity index (χ4v) is 0.227. The fraction of sp³-hybridized carbons (Fsp3) is 0.333. The zero-order valence-corrected chi connectivity index (χ0v) is 3.97. The predicted octanol–water partition coefficient (Wildman–Crippen LogP) is 1.42. The van der Waals surface area contributed by atoms with Gasteiger partial charge in [-0.2, -0.15) is 0 Å². The number of halogens is 2. The lowest BCUT2D eigenvalue weighted by Gasteiger charge is -1.54. The minimum atomic E-state index is 0.323. The number of rotatable bonds is 0. The summed E-state index contributed by atoms with van der Waals surface area (Å²) in [5.41, 5.74) is 0. The van der Waals surface area contributed by atoms with E-state index in [1.54, 1.807) is 0 Å². The Morgan fingerprint density at radius 1 is 1.60 bits per heavy atom. The summed E-state index contributed by atoms with van der Waals surface area (Å²) in [6.45, 7) is 0. The molecule has 0 aliphatic rings. The van der Waals surface area contributed by atoms with E-state index in [-0.39, 0.29) is 0 Å². The van der Waals surface area contributed by atoms with Gasteiger partial charge >= 0.3 is 0 Å². The molecule has 0 aromatic carbocycles. The van der Waals surface area contributed by atoms with Gasteiger partial charge in [0.2, 0.25) is 0 Å². The highest BCUT2D eigenvalue weighted by atomic mass is 35.5. The topological polar surface area (TPSA) is 0 Å². The summed E-state index contributed by atoms with van der Waals surface area (Å²) in [6, 6.07) is 0. The average Bonchev–Trinajstić information content (AvgIpc) is 1.41. The Labute approximate surface area is 41.1 Å². The van der Waals surface area contributed by atoms with E-state index in [1.807, 2.05) is 0 Å². The molecule has 0 aromatic heterocycles. The zero-order valence-electron chi connectivity index (χ0n) is 2.46. The summed E-state index contributed by atoms with van der Waals surface area (Å²) in [5.74, 6) is 2.71. The average molecular weight is 109 g/mol. The molecular weight excluding hydrogens is 107 g/mol. The van der Waals surface area contributed by atoms with Gasteiger partial charge in [0.25, 0.3) is 0 Å². The summed E-state index contributed by atoms with van der Waals surface area (Å²) in [7, 11) is 0. The smallest absolute Gasteiger partial charge is 0.0847 e. The van der Waals surface area contributed by atoms with Crippen molar-refractivity contribution in [1.82, 2.24) is 0 Å². The van der Waals surface area contributed by atoms with E-state index in [2.05, 4.69) is 11.3 Å². The quantitative estimate of drug-likeness (QED) is 0.326. The largest absolute Gasteiger partial charge is 0.113 e. The Morgan fingerprint density at radius 3 is 2.20 bits per heavy atom. The third-order valence-electron chi connectivity index (χ3n) is 0.134. The van der Waals surface area contributed by atoms with Crippen molar-refractivity contribution in [2.24, 2.45) is 0 Å². The van der Waals surface area contributed by atoms with Gasteiger partial charge in [-0.05, 0) is 11.6 Å². The third kappa shape index (κ3) is 4.14. The molecule has 0 fully saturated rings. The van der Waals surface area contributed by atoms with Crippen LogP contribution in [0.25, 0.3) is 0 Å². The molecule has 0 bridgehead atoms. The molecule has 0 amide bonds. The molecule has 0 N–H and O–H groups in total. The Morgan fingerprint density at radius 2 is 2.20 bits per heavy atom. The van der Waals surface area contributed by atoms with Crippen molar-refractivity contribution in [3.05, 3.63) is 0 Å². The van der Waals surface area contributed by atoms with Crippen LogP contribution in [0.4, 0.5) is 0 Å². The van der Waals surface area contributed by atoms with Crippen LogP contribution >= 0.6 is 23.2 Å². The first-order chi connectivity index (χ1) is 2.41. The third-order valence-corrected chi connectivity index (χ3v) is 0.401. The van der Waals surface area contributed by atoms with Gasteiger partial charge in [-0.15, -0.1) is 11.6 Å². The molecule has 28 valence electrons. The van der Waals surface area contributed by atoms with Crippen LogP contribution in [0.2, 0.25) is 0 Å². The molecule has 0 rings (SSSR count). The van der Waals surface area contributed by atoms with Crippen molar-refractivity contribution in [3.63, 3.8) is 0 Å². The Kier molecular flexibility index (Phi) is 4.26. The first-order valence-corrected chi connectivity index (χ1v) is 1.97. The van der Waals surface area contributed by atoms with E-state index >= 15 is 0 Å². The van der Waals surface area contributed by atoms with Crippen LogP contribution < -0.4 is 0 Å². The van der Waals surface area contributed by atoms with Gasteiger partial charge in [-0.1, -0.05) is 5.92 Å². The van der Waals surface area contributed by atoms with Gasteiger partial charge in [0, 0.05) is 5.38 Å². The highest BCUT2D eigenvalue weighted by molar-refractivity contribution is 6.31. The van der Waals surface area contributed by atoms with E-state index in [1.165, 1.54) is 0 Å². The molecule has 0 aliphatic carbocycles. The molecule has 0 heterocycles. The van der Waals surface area contributed by atoms with Gasteiger partial charge in [0.15, 0.2) is 0 Å². The van der Waals surface area contributed by atoms with Crippen molar-refractivity contribution >= 4 is 23.2 Å². The van der Waals surface area contributed by atoms with E-state index in [0.29, 0.717) is 5.88 Å². The van der Waals surface area contributed by atoms with Crippen molar-refractivity contribution in [2.45, 2.75) is 0 Å². The molecule has 0 radical (unpaired) electrons. The molecule has 0 aromatic rings. The Hall–Kier alpha value is 0.140. The van der Waals surface area contributed by atoms with Crippen LogP contribution in [-0.4, -0.2) is 5.88 Å². The van der Waals surface area contributed by atoms with E-state index in [9.17, 15) is 0 Å². The molecule has 0 saturated carbocycles. The minimum Gasteiger partial charge on any atom is -0.113 e. The number of hydrogen-bond acceptors (Lipinski definition) is 0. The van der Waals surface area contributed by atoms with Crippen LogP contribution in [0.15, 0.2) is 0 Å². The molecule has 0 saturated heterocycles. The molecule has 0 atom stereocenters.